The Kier molecular flexibility index (Phi) is 3.11. The largest absolute Gasteiger partial charge is 0.385 e. The number of aliphatic imine (C=N–C) groups is 1. The summed E-state index contributed by atoms with van der Waals surface area (Å²) >= 11 is 0. The average Bonchev–Trinajstić information content (AvgIpc) is 2.57. The number of amidine groups is 1. The number of carbonyl (C=O) groups is 1. The van der Waals surface area contributed by atoms with E-state index >= 15 is 0 Å². The molecule has 0 aromatic heterocycles. The van der Waals surface area contributed by atoms with E-state index in [1.807, 2.05) is 19.9 Å². The first kappa shape index (κ1) is 12.6. The van der Waals surface area contributed by atoms with Gasteiger partial charge in [-0.05, 0) is 44.4 Å². The van der Waals surface area contributed by atoms with Crippen LogP contribution in [0.3, 0.4) is 0 Å². The van der Waals surface area contributed by atoms with E-state index in [1.165, 1.54) is 11.1 Å². The van der Waals surface area contributed by atoms with Crippen LogP contribution in [-0.4, -0.2) is 22.8 Å². The molecule has 0 saturated heterocycles. The molecule has 4 heteroatoms. The molecular formula is C14H19N3O. The molecule has 18 heavy (non-hydrogen) atoms. The predicted molar refractivity (Wildman–Crippen MR) is 72.7 cm³/mol. The highest BCUT2D eigenvalue weighted by molar-refractivity contribution is 6.03. The monoisotopic (exact) mass is 245 g/mol. The molecule has 96 valence electrons. The van der Waals surface area contributed by atoms with E-state index in [0.717, 1.165) is 5.56 Å². The SMILES string of the molecule is Cc1ccc(C2C(N)=NC(=O)N2C(C)C)cc1C. The number of benzene rings is 1. The summed E-state index contributed by atoms with van der Waals surface area (Å²) in [4.78, 5) is 17.4. The van der Waals surface area contributed by atoms with Crippen molar-refractivity contribution in [3.05, 3.63) is 34.9 Å². The van der Waals surface area contributed by atoms with E-state index < -0.39 is 0 Å². The summed E-state index contributed by atoms with van der Waals surface area (Å²) in [6.45, 7) is 8.07. The summed E-state index contributed by atoms with van der Waals surface area (Å²) in [7, 11) is 0. The fraction of sp³-hybridized carbons (Fsp3) is 0.429. The lowest BCUT2D eigenvalue weighted by molar-refractivity contribution is 0.190. The molecule has 0 aliphatic carbocycles. The third-order valence-electron chi connectivity index (χ3n) is 3.41. The summed E-state index contributed by atoms with van der Waals surface area (Å²) in [6.07, 6.45) is 0. The lowest BCUT2D eigenvalue weighted by Gasteiger charge is -2.28. The van der Waals surface area contributed by atoms with Crippen molar-refractivity contribution >= 4 is 11.9 Å². The van der Waals surface area contributed by atoms with Crippen molar-refractivity contribution in [1.29, 1.82) is 0 Å². The van der Waals surface area contributed by atoms with Crippen LogP contribution in [0.2, 0.25) is 0 Å². The fourth-order valence-corrected chi connectivity index (χ4v) is 2.27. The van der Waals surface area contributed by atoms with Gasteiger partial charge in [0, 0.05) is 6.04 Å². The number of nitrogens with two attached hydrogens (primary N) is 1. The Balaban J connectivity index is 2.44. The van der Waals surface area contributed by atoms with Crippen molar-refractivity contribution in [3.8, 4) is 0 Å². The minimum absolute atomic E-state index is 0.0777. The van der Waals surface area contributed by atoms with Gasteiger partial charge >= 0.3 is 6.03 Å². The first-order valence-corrected chi connectivity index (χ1v) is 6.15. The van der Waals surface area contributed by atoms with Gasteiger partial charge in [0.25, 0.3) is 0 Å². The molecule has 0 fully saturated rings. The second-order valence-electron chi connectivity index (χ2n) is 5.07. The lowest BCUT2D eigenvalue weighted by atomic mass is 9.99. The third kappa shape index (κ3) is 1.98. The fourth-order valence-electron chi connectivity index (χ4n) is 2.27. The topological polar surface area (TPSA) is 58.7 Å². The van der Waals surface area contributed by atoms with Crippen molar-refractivity contribution in [2.45, 2.75) is 39.8 Å². The number of rotatable bonds is 2. The zero-order chi connectivity index (χ0) is 13.4. The first-order chi connectivity index (χ1) is 8.41. The van der Waals surface area contributed by atoms with E-state index in [-0.39, 0.29) is 18.1 Å². The Morgan fingerprint density at radius 1 is 1.28 bits per heavy atom. The lowest BCUT2D eigenvalue weighted by Crippen LogP contribution is -2.38. The summed E-state index contributed by atoms with van der Waals surface area (Å²) in [6, 6.07) is 5.76. The smallest absolute Gasteiger partial charge is 0.346 e. The molecule has 1 atom stereocenters. The van der Waals surface area contributed by atoms with Gasteiger partial charge in [-0.3, -0.25) is 0 Å². The first-order valence-electron chi connectivity index (χ1n) is 6.15. The number of hydrogen-bond acceptors (Lipinski definition) is 2. The average molecular weight is 245 g/mol. The normalized spacial score (nSPS) is 19.6. The zero-order valence-corrected chi connectivity index (χ0v) is 11.3. The van der Waals surface area contributed by atoms with Gasteiger partial charge in [-0.1, -0.05) is 18.2 Å². The van der Waals surface area contributed by atoms with Gasteiger partial charge in [0.15, 0.2) is 0 Å². The van der Waals surface area contributed by atoms with Gasteiger partial charge < -0.3 is 10.6 Å². The van der Waals surface area contributed by atoms with Crippen molar-refractivity contribution in [2.24, 2.45) is 10.7 Å². The minimum Gasteiger partial charge on any atom is -0.385 e. The molecule has 1 aromatic rings. The second kappa shape index (κ2) is 4.44. The molecule has 1 aromatic carbocycles. The molecule has 2 N–H and O–H groups in total. The summed E-state index contributed by atoms with van der Waals surface area (Å²) in [5.41, 5.74) is 9.36. The van der Waals surface area contributed by atoms with E-state index in [0.29, 0.717) is 5.84 Å². The standard InChI is InChI=1S/C14H19N3O/c1-8(2)17-12(13(15)16-14(17)18)11-6-5-9(3)10(4)7-11/h5-8,12H,1-4H3,(H2,15,16,18). The Hall–Kier alpha value is -1.84. The summed E-state index contributed by atoms with van der Waals surface area (Å²) in [5.74, 6) is 0.386. The van der Waals surface area contributed by atoms with Crippen LogP contribution in [0.1, 0.15) is 36.6 Å². The van der Waals surface area contributed by atoms with Crippen LogP contribution in [0.15, 0.2) is 23.2 Å². The molecule has 0 radical (unpaired) electrons. The van der Waals surface area contributed by atoms with Crippen molar-refractivity contribution in [1.82, 2.24) is 4.90 Å². The van der Waals surface area contributed by atoms with Gasteiger partial charge in [-0.25, -0.2) is 4.79 Å². The van der Waals surface area contributed by atoms with Gasteiger partial charge in [0.2, 0.25) is 0 Å². The van der Waals surface area contributed by atoms with E-state index in [2.05, 4.69) is 31.0 Å². The Bertz CT molecular complexity index is 520. The van der Waals surface area contributed by atoms with Crippen LogP contribution in [0.4, 0.5) is 4.79 Å². The number of nitrogens with zero attached hydrogens (tertiary/aromatic N) is 2. The number of aryl methyl sites for hydroxylation is 2. The minimum atomic E-state index is -0.245. The highest BCUT2D eigenvalue weighted by Crippen LogP contribution is 2.29. The van der Waals surface area contributed by atoms with E-state index in [1.54, 1.807) is 4.90 Å². The highest BCUT2D eigenvalue weighted by atomic mass is 16.2. The molecule has 1 aliphatic rings. The van der Waals surface area contributed by atoms with Gasteiger partial charge in [0.05, 0.1) is 0 Å². The number of amides is 2. The molecule has 1 unspecified atom stereocenters. The third-order valence-corrected chi connectivity index (χ3v) is 3.41. The van der Waals surface area contributed by atoms with E-state index in [4.69, 9.17) is 5.73 Å². The maximum atomic E-state index is 11.8. The van der Waals surface area contributed by atoms with Crippen molar-refractivity contribution in [3.63, 3.8) is 0 Å². The van der Waals surface area contributed by atoms with Crippen LogP contribution >= 0.6 is 0 Å². The van der Waals surface area contributed by atoms with Crippen LogP contribution in [0.25, 0.3) is 0 Å². The summed E-state index contributed by atoms with van der Waals surface area (Å²) < 4.78 is 0. The van der Waals surface area contributed by atoms with Gasteiger partial charge in [0.1, 0.15) is 11.9 Å². The molecule has 1 aliphatic heterocycles. The quantitative estimate of drug-likeness (QED) is 0.870. The molecule has 0 bridgehead atoms. The molecular weight excluding hydrogens is 226 g/mol. The van der Waals surface area contributed by atoms with Gasteiger partial charge in [-0.15, -0.1) is 0 Å². The summed E-state index contributed by atoms with van der Waals surface area (Å²) in [5, 5.41) is 0. The molecule has 2 rings (SSSR count). The Labute approximate surface area is 108 Å². The predicted octanol–water partition coefficient (Wildman–Crippen LogP) is 2.55. The molecule has 4 nitrogen and oxygen atoms in total. The maximum absolute atomic E-state index is 11.8. The van der Waals surface area contributed by atoms with Crippen LogP contribution in [0.5, 0.6) is 0 Å². The van der Waals surface area contributed by atoms with E-state index in [9.17, 15) is 4.79 Å². The maximum Gasteiger partial charge on any atom is 0.346 e. The van der Waals surface area contributed by atoms with Crippen LogP contribution in [0, 0.1) is 13.8 Å². The number of urea groups is 1. The van der Waals surface area contributed by atoms with Crippen LogP contribution in [-0.2, 0) is 0 Å². The molecule has 1 heterocycles. The Morgan fingerprint density at radius 3 is 2.50 bits per heavy atom. The van der Waals surface area contributed by atoms with Crippen LogP contribution < -0.4 is 5.73 Å². The molecule has 2 amide bonds. The Morgan fingerprint density at radius 2 is 1.94 bits per heavy atom. The highest BCUT2D eigenvalue weighted by Gasteiger charge is 2.36. The van der Waals surface area contributed by atoms with Crippen molar-refractivity contribution in [2.75, 3.05) is 0 Å². The molecule has 0 spiro atoms. The van der Waals surface area contributed by atoms with Crippen molar-refractivity contribution < 1.29 is 4.79 Å². The number of carbonyl (C=O) groups excluding carboxylic acids is 1. The molecule has 0 saturated carbocycles. The van der Waals surface area contributed by atoms with Gasteiger partial charge in [-0.2, -0.15) is 4.99 Å². The second-order valence-corrected chi connectivity index (χ2v) is 5.07. The zero-order valence-electron chi connectivity index (χ0n) is 11.3. The number of hydrogen-bond donors (Lipinski definition) is 1.